The Morgan fingerprint density at radius 3 is 2.81 bits per heavy atom. The van der Waals surface area contributed by atoms with E-state index >= 15 is 0 Å². The first-order valence-corrected chi connectivity index (χ1v) is 5.69. The molecule has 2 rings (SSSR count). The summed E-state index contributed by atoms with van der Waals surface area (Å²) in [6, 6.07) is 2.26. The van der Waals surface area contributed by atoms with E-state index in [-0.39, 0.29) is 5.95 Å². The Kier molecular flexibility index (Phi) is 3.16. The topological polar surface area (TPSA) is 58.3 Å². The first-order valence-electron chi connectivity index (χ1n) is 5.31. The van der Waals surface area contributed by atoms with Crippen molar-refractivity contribution in [3.8, 4) is 0 Å². The van der Waals surface area contributed by atoms with Gasteiger partial charge in [0.1, 0.15) is 11.0 Å². The average Bonchev–Trinajstić information content (AvgIpc) is 2.20. The van der Waals surface area contributed by atoms with Gasteiger partial charge in [-0.2, -0.15) is 4.98 Å². The van der Waals surface area contributed by atoms with Crippen molar-refractivity contribution in [2.75, 3.05) is 37.3 Å². The quantitative estimate of drug-likeness (QED) is 0.739. The van der Waals surface area contributed by atoms with Crippen LogP contribution in [0, 0.1) is 0 Å². The summed E-state index contributed by atoms with van der Waals surface area (Å²) in [6.45, 7) is 5.08. The molecule has 0 aliphatic carbocycles. The predicted molar refractivity (Wildman–Crippen MR) is 65.8 cm³/mol. The highest BCUT2D eigenvalue weighted by Gasteiger charge is 2.22. The number of halogens is 1. The Morgan fingerprint density at radius 1 is 1.44 bits per heavy atom. The molecule has 0 saturated carbocycles. The third-order valence-corrected chi connectivity index (χ3v) is 3.18. The standard InChI is InChI=1S/C10H16ClN5/c1-7-6-16(4-3-15(7)2)9-5-8(11)13-10(12)14-9/h5,7H,3-4,6H2,1-2H3,(H2,12,13,14). The second-order valence-corrected chi connectivity index (χ2v) is 4.57. The van der Waals surface area contributed by atoms with Crippen molar-refractivity contribution in [1.82, 2.24) is 14.9 Å². The van der Waals surface area contributed by atoms with Crippen LogP contribution < -0.4 is 10.6 Å². The highest BCUT2D eigenvalue weighted by atomic mass is 35.5. The van der Waals surface area contributed by atoms with E-state index in [1.54, 1.807) is 6.07 Å². The molecule has 16 heavy (non-hydrogen) atoms. The van der Waals surface area contributed by atoms with Crippen molar-refractivity contribution in [2.45, 2.75) is 13.0 Å². The van der Waals surface area contributed by atoms with E-state index < -0.39 is 0 Å². The summed E-state index contributed by atoms with van der Waals surface area (Å²) in [4.78, 5) is 12.6. The molecule has 1 unspecified atom stereocenters. The molecular formula is C10H16ClN5. The molecule has 0 bridgehead atoms. The van der Waals surface area contributed by atoms with Crippen LogP contribution in [0.1, 0.15) is 6.92 Å². The minimum absolute atomic E-state index is 0.231. The maximum atomic E-state index is 5.87. The molecule has 1 aromatic rings. The van der Waals surface area contributed by atoms with Gasteiger partial charge in [0.2, 0.25) is 5.95 Å². The Labute approximate surface area is 100 Å². The summed E-state index contributed by atoms with van der Waals surface area (Å²) in [7, 11) is 2.13. The zero-order valence-electron chi connectivity index (χ0n) is 9.52. The van der Waals surface area contributed by atoms with E-state index in [0.29, 0.717) is 11.2 Å². The van der Waals surface area contributed by atoms with Crippen LogP contribution in [-0.4, -0.2) is 47.6 Å². The lowest BCUT2D eigenvalue weighted by Crippen LogP contribution is -2.50. The molecule has 0 aromatic carbocycles. The first kappa shape index (κ1) is 11.4. The molecule has 2 N–H and O–H groups in total. The number of piperazine rings is 1. The van der Waals surface area contributed by atoms with Gasteiger partial charge in [0, 0.05) is 31.7 Å². The number of hydrogen-bond donors (Lipinski definition) is 1. The van der Waals surface area contributed by atoms with Crippen LogP contribution >= 0.6 is 11.6 Å². The molecule has 1 saturated heterocycles. The van der Waals surface area contributed by atoms with Crippen molar-refractivity contribution >= 4 is 23.4 Å². The zero-order chi connectivity index (χ0) is 11.7. The van der Waals surface area contributed by atoms with Crippen LogP contribution in [0.2, 0.25) is 5.15 Å². The number of nitrogens with two attached hydrogens (primary N) is 1. The van der Waals surface area contributed by atoms with Crippen LogP contribution in [-0.2, 0) is 0 Å². The van der Waals surface area contributed by atoms with Crippen molar-refractivity contribution in [3.05, 3.63) is 11.2 Å². The summed E-state index contributed by atoms with van der Waals surface area (Å²) < 4.78 is 0. The van der Waals surface area contributed by atoms with Gasteiger partial charge in [-0.3, -0.25) is 0 Å². The number of rotatable bonds is 1. The van der Waals surface area contributed by atoms with Crippen LogP contribution in [0.25, 0.3) is 0 Å². The lowest BCUT2D eigenvalue weighted by molar-refractivity contribution is 0.233. The summed E-state index contributed by atoms with van der Waals surface area (Å²) in [6.07, 6.45) is 0. The summed E-state index contributed by atoms with van der Waals surface area (Å²) in [5, 5.41) is 0.397. The van der Waals surface area contributed by atoms with E-state index in [0.717, 1.165) is 25.5 Å². The number of aromatic nitrogens is 2. The third kappa shape index (κ3) is 2.36. The van der Waals surface area contributed by atoms with Gasteiger partial charge in [-0.25, -0.2) is 4.98 Å². The third-order valence-electron chi connectivity index (χ3n) is 2.98. The second-order valence-electron chi connectivity index (χ2n) is 4.18. The number of anilines is 2. The molecule has 1 aliphatic heterocycles. The Balaban J connectivity index is 2.18. The number of likely N-dealkylation sites (N-methyl/N-ethyl adjacent to an activating group) is 1. The normalized spacial score (nSPS) is 22.4. The van der Waals surface area contributed by atoms with Crippen LogP contribution in [0.3, 0.4) is 0 Å². The maximum absolute atomic E-state index is 5.87. The summed E-state index contributed by atoms with van der Waals surface area (Å²) >= 11 is 5.87. The van der Waals surface area contributed by atoms with Gasteiger partial charge in [0.15, 0.2) is 0 Å². The van der Waals surface area contributed by atoms with Crippen LogP contribution in [0.5, 0.6) is 0 Å². The van der Waals surface area contributed by atoms with Gasteiger partial charge < -0.3 is 15.5 Å². The van der Waals surface area contributed by atoms with Crippen LogP contribution in [0.4, 0.5) is 11.8 Å². The smallest absolute Gasteiger partial charge is 0.223 e. The van der Waals surface area contributed by atoms with Crippen molar-refractivity contribution in [3.63, 3.8) is 0 Å². The molecule has 6 heteroatoms. The second kappa shape index (κ2) is 4.43. The maximum Gasteiger partial charge on any atom is 0.223 e. The number of hydrogen-bond acceptors (Lipinski definition) is 5. The SMILES string of the molecule is CC1CN(c2cc(Cl)nc(N)n2)CCN1C. The van der Waals surface area contributed by atoms with E-state index in [1.165, 1.54) is 0 Å². The van der Waals surface area contributed by atoms with Gasteiger partial charge in [-0.1, -0.05) is 11.6 Å². The fourth-order valence-electron chi connectivity index (χ4n) is 1.84. The molecule has 0 amide bonds. The number of nitrogens with zero attached hydrogens (tertiary/aromatic N) is 4. The summed E-state index contributed by atoms with van der Waals surface area (Å²) in [5.74, 6) is 1.05. The molecule has 1 atom stereocenters. The van der Waals surface area contributed by atoms with E-state index in [2.05, 4.69) is 33.7 Å². The fourth-order valence-corrected chi connectivity index (χ4v) is 2.03. The van der Waals surface area contributed by atoms with Gasteiger partial charge >= 0.3 is 0 Å². The van der Waals surface area contributed by atoms with Crippen molar-refractivity contribution < 1.29 is 0 Å². The lowest BCUT2D eigenvalue weighted by atomic mass is 10.2. The Morgan fingerprint density at radius 2 is 2.19 bits per heavy atom. The summed E-state index contributed by atoms with van der Waals surface area (Å²) in [5.41, 5.74) is 5.58. The van der Waals surface area contributed by atoms with Crippen LogP contribution in [0.15, 0.2) is 6.07 Å². The molecule has 2 heterocycles. The monoisotopic (exact) mass is 241 g/mol. The predicted octanol–water partition coefficient (Wildman–Crippen LogP) is 0.853. The van der Waals surface area contributed by atoms with Gasteiger partial charge in [0.25, 0.3) is 0 Å². The molecular weight excluding hydrogens is 226 g/mol. The highest BCUT2D eigenvalue weighted by molar-refractivity contribution is 6.29. The fraction of sp³-hybridized carbons (Fsp3) is 0.600. The molecule has 88 valence electrons. The molecule has 5 nitrogen and oxygen atoms in total. The first-order chi connectivity index (χ1) is 7.56. The average molecular weight is 242 g/mol. The van der Waals surface area contributed by atoms with E-state index in [4.69, 9.17) is 17.3 Å². The molecule has 0 radical (unpaired) electrons. The Hall–Kier alpha value is -1.07. The minimum atomic E-state index is 0.231. The van der Waals surface area contributed by atoms with Crippen molar-refractivity contribution in [1.29, 1.82) is 0 Å². The Bertz CT molecular complexity index is 363. The largest absolute Gasteiger partial charge is 0.368 e. The van der Waals surface area contributed by atoms with Gasteiger partial charge in [0.05, 0.1) is 0 Å². The number of nitrogen functional groups attached to an aromatic ring is 1. The van der Waals surface area contributed by atoms with Crippen molar-refractivity contribution in [2.24, 2.45) is 0 Å². The molecule has 1 aromatic heterocycles. The molecule has 1 aliphatic rings. The molecule has 1 fully saturated rings. The zero-order valence-corrected chi connectivity index (χ0v) is 10.3. The highest BCUT2D eigenvalue weighted by Crippen LogP contribution is 2.19. The van der Waals surface area contributed by atoms with E-state index in [9.17, 15) is 0 Å². The van der Waals surface area contributed by atoms with Gasteiger partial charge in [-0.15, -0.1) is 0 Å². The minimum Gasteiger partial charge on any atom is -0.368 e. The lowest BCUT2D eigenvalue weighted by Gasteiger charge is -2.38. The van der Waals surface area contributed by atoms with Gasteiger partial charge in [-0.05, 0) is 14.0 Å². The van der Waals surface area contributed by atoms with E-state index in [1.807, 2.05) is 0 Å². The molecule has 0 spiro atoms.